The van der Waals surface area contributed by atoms with Crippen LogP contribution in [0.2, 0.25) is 0 Å². The fourth-order valence-corrected chi connectivity index (χ4v) is 2.70. The van der Waals surface area contributed by atoms with Crippen molar-refractivity contribution in [3.05, 3.63) is 70.5 Å². The lowest BCUT2D eigenvalue weighted by atomic mass is 9.79. The quantitative estimate of drug-likeness (QED) is 0.871. The van der Waals surface area contributed by atoms with E-state index in [1.54, 1.807) is 19.1 Å². The maximum Gasteiger partial charge on any atom is 0.126 e. The summed E-state index contributed by atoms with van der Waals surface area (Å²) in [6, 6.07) is 13.0. The van der Waals surface area contributed by atoms with Crippen LogP contribution in [-0.4, -0.2) is 5.11 Å². The zero-order valence-electron chi connectivity index (χ0n) is 11.6. The van der Waals surface area contributed by atoms with Crippen LogP contribution in [0.3, 0.4) is 0 Å². The Morgan fingerprint density at radius 2 is 1.85 bits per heavy atom. The molecule has 1 N–H and O–H groups in total. The Kier molecular flexibility index (Phi) is 3.58. The molecule has 1 fully saturated rings. The second-order valence-electron chi connectivity index (χ2n) is 5.71. The van der Waals surface area contributed by atoms with Crippen molar-refractivity contribution in [2.45, 2.75) is 38.2 Å². The van der Waals surface area contributed by atoms with Gasteiger partial charge >= 0.3 is 0 Å². The minimum Gasteiger partial charge on any atom is -0.384 e. The molecule has 0 bridgehead atoms. The average Bonchev–Trinajstić information content (AvgIpc) is 2.39. The van der Waals surface area contributed by atoms with Crippen LogP contribution in [0.5, 0.6) is 0 Å². The van der Waals surface area contributed by atoms with Crippen molar-refractivity contribution >= 4 is 0 Å². The van der Waals surface area contributed by atoms with E-state index < -0.39 is 6.10 Å². The van der Waals surface area contributed by atoms with Gasteiger partial charge in [-0.3, -0.25) is 0 Å². The predicted octanol–water partition coefficient (Wildman–Crippen LogP) is 4.48. The molecule has 0 radical (unpaired) electrons. The highest BCUT2D eigenvalue weighted by molar-refractivity contribution is 5.35. The highest BCUT2D eigenvalue weighted by Gasteiger charge is 2.20. The van der Waals surface area contributed by atoms with Crippen molar-refractivity contribution in [2.24, 2.45) is 0 Å². The Hall–Kier alpha value is -1.67. The predicted molar refractivity (Wildman–Crippen MR) is 78.2 cm³/mol. The summed E-state index contributed by atoms with van der Waals surface area (Å²) in [5.41, 5.74) is 3.35. The third-order valence-corrected chi connectivity index (χ3v) is 4.31. The summed E-state index contributed by atoms with van der Waals surface area (Å²) in [6.07, 6.45) is 3.00. The summed E-state index contributed by atoms with van der Waals surface area (Å²) >= 11 is 0. The van der Waals surface area contributed by atoms with Gasteiger partial charge in [0.1, 0.15) is 11.9 Å². The summed E-state index contributed by atoms with van der Waals surface area (Å²) in [7, 11) is 0. The molecule has 2 aromatic rings. The Morgan fingerprint density at radius 3 is 2.50 bits per heavy atom. The second-order valence-corrected chi connectivity index (χ2v) is 5.71. The SMILES string of the molecule is Cc1ccc(C(O)c2cccc(C3CCC3)c2)cc1F. The van der Waals surface area contributed by atoms with E-state index in [2.05, 4.69) is 12.1 Å². The van der Waals surface area contributed by atoms with Crippen LogP contribution in [0.25, 0.3) is 0 Å². The fraction of sp³-hybridized carbons (Fsp3) is 0.333. The van der Waals surface area contributed by atoms with Gasteiger partial charge in [0.2, 0.25) is 0 Å². The van der Waals surface area contributed by atoms with Crippen molar-refractivity contribution in [2.75, 3.05) is 0 Å². The topological polar surface area (TPSA) is 20.2 Å². The Balaban J connectivity index is 1.89. The maximum atomic E-state index is 13.6. The minimum absolute atomic E-state index is 0.267. The summed E-state index contributed by atoms with van der Waals surface area (Å²) in [4.78, 5) is 0. The van der Waals surface area contributed by atoms with Crippen molar-refractivity contribution < 1.29 is 9.50 Å². The number of aliphatic hydroxyl groups is 1. The lowest BCUT2D eigenvalue weighted by molar-refractivity contribution is 0.219. The zero-order valence-corrected chi connectivity index (χ0v) is 11.6. The maximum absolute atomic E-state index is 13.6. The third kappa shape index (κ3) is 2.48. The van der Waals surface area contributed by atoms with Gasteiger partial charge in [-0.15, -0.1) is 0 Å². The molecule has 3 rings (SSSR count). The molecule has 104 valence electrons. The van der Waals surface area contributed by atoms with Gasteiger partial charge in [-0.05, 0) is 54.0 Å². The van der Waals surface area contributed by atoms with E-state index in [0.29, 0.717) is 17.0 Å². The average molecular weight is 270 g/mol. The van der Waals surface area contributed by atoms with Crippen molar-refractivity contribution in [3.8, 4) is 0 Å². The highest BCUT2D eigenvalue weighted by Crippen LogP contribution is 2.37. The van der Waals surface area contributed by atoms with Crippen LogP contribution < -0.4 is 0 Å². The smallest absolute Gasteiger partial charge is 0.126 e. The number of hydrogen-bond donors (Lipinski definition) is 1. The van der Waals surface area contributed by atoms with Crippen LogP contribution >= 0.6 is 0 Å². The van der Waals surface area contributed by atoms with Crippen molar-refractivity contribution in [1.82, 2.24) is 0 Å². The summed E-state index contributed by atoms with van der Waals surface area (Å²) in [5, 5.41) is 10.4. The summed E-state index contributed by atoms with van der Waals surface area (Å²) in [6.45, 7) is 1.72. The standard InChI is InChI=1S/C18H19FO/c1-12-8-9-16(11-17(12)19)18(20)15-7-3-6-14(10-15)13-4-2-5-13/h3,6-11,13,18,20H,2,4-5H2,1H3. The minimum atomic E-state index is -0.759. The van der Waals surface area contributed by atoms with E-state index in [1.165, 1.54) is 30.9 Å². The van der Waals surface area contributed by atoms with Crippen LogP contribution in [0.15, 0.2) is 42.5 Å². The third-order valence-electron chi connectivity index (χ3n) is 4.31. The van der Waals surface area contributed by atoms with Gasteiger partial charge in [0.15, 0.2) is 0 Å². The molecule has 1 nitrogen and oxygen atoms in total. The molecule has 2 heteroatoms. The second kappa shape index (κ2) is 5.37. The molecule has 1 aliphatic carbocycles. The number of aryl methyl sites for hydroxylation is 1. The van der Waals surface area contributed by atoms with Crippen molar-refractivity contribution in [1.29, 1.82) is 0 Å². The molecule has 20 heavy (non-hydrogen) atoms. The molecule has 0 saturated heterocycles. The molecule has 1 saturated carbocycles. The van der Waals surface area contributed by atoms with Crippen molar-refractivity contribution in [3.63, 3.8) is 0 Å². The molecule has 2 aromatic carbocycles. The Bertz CT molecular complexity index is 617. The van der Waals surface area contributed by atoms with E-state index in [9.17, 15) is 9.50 Å². The molecule has 1 aliphatic rings. The van der Waals surface area contributed by atoms with Crippen LogP contribution in [-0.2, 0) is 0 Å². The van der Waals surface area contributed by atoms with E-state index >= 15 is 0 Å². The van der Waals surface area contributed by atoms with Crippen LogP contribution in [0.1, 0.15) is 53.5 Å². The molecule has 0 aliphatic heterocycles. The van der Waals surface area contributed by atoms with E-state index in [-0.39, 0.29) is 5.82 Å². The van der Waals surface area contributed by atoms with Gasteiger partial charge in [-0.2, -0.15) is 0 Å². The molecular weight excluding hydrogens is 251 g/mol. The molecule has 0 amide bonds. The lowest BCUT2D eigenvalue weighted by Gasteiger charge is -2.26. The van der Waals surface area contributed by atoms with Gasteiger partial charge in [0, 0.05) is 0 Å². The Morgan fingerprint density at radius 1 is 1.10 bits per heavy atom. The normalized spacial score (nSPS) is 16.8. The largest absolute Gasteiger partial charge is 0.384 e. The first-order valence-electron chi connectivity index (χ1n) is 7.19. The molecular formula is C18H19FO. The van der Waals surface area contributed by atoms with E-state index in [0.717, 1.165) is 5.56 Å². The van der Waals surface area contributed by atoms with Gasteiger partial charge < -0.3 is 5.11 Å². The number of hydrogen-bond acceptors (Lipinski definition) is 1. The monoisotopic (exact) mass is 270 g/mol. The fourth-order valence-electron chi connectivity index (χ4n) is 2.70. The van der Waals surface area contributed by atoms with E-state index in [4.69, 9.17) is 0 Å². The molecule has 1 unspecified atom stereocenters. The van der Waals surface area contributed by atoms with E-state index in [1.807, 2.05) is 12.1 Å². The van der Waals surface area contributed by atoms with Crippen LogP contribution in [0.4, 0.5) is 4.39 Å². The molecule has 1 atom stereocenters. The number of aliphatic hydroxyl groups excluding tert-OH is 1. The molecule has 0 spiro atoms. The van der Waals surface area contributed by atoms with Gasteiger partial charge in [0.05, 0.1) is 0 Å². The van der Waals surface area contributed by atoms with Gasteiger partial charge in [0.25, 0.3) is 0 Å². The van der Waals surface area contributed by atoms with Gasteiger partial charge in [-0.1, -0.05) is 42.8 Å². The number of rotatable bonds is 3. The lowest BCUT2D eigenvalue weighted by Crippen LogP contribution is -2.09. The van der Waals surface area contributed by atoms with Gasteiger partial charge in [-0.25, -0.2) is 4.39 Å². The van der Waals surface area contributed by atoms with Crippen LogP contribution in [0, 0.1) is 12.7 Å². The molecule has 0 aromatic heterocycles. The zero-order chi connectivity index (χ0) is 14.1. The first-order chi connectivity index (χ1) is 9.65. The first kappa shape index (κ1) is 13.3. The Labute approximate surface area is 119 Å². The first-order valence-corrected chi connectivity index (χ1v) is 7.19. The summed E-state index contributed by atoms with van der Waals surface area (Å²) < 4.78 is 13.6. The number of halogens is 1. The molecule has 0 heterocycles. The highest BCUT2D eigenvalue weighted by atomic mass is 19.1. The summed E-state index contributed by atoms with van der Waals surface area (Å²) in [5.74, 6) is 0.369. The number of benzene rings is 2.